The van der Waals surface area contributed by atoms with Crippen molar-refractivity contribution in [2.75, 3.05) is 32.1 Å². The Morgan fingerprint density at radius 2 is 1.93 bits per heavy atom. The molecular formula is C24H28N2O4. The zero-order valence-corrected chi connectivity index (χ0v) is 17.5. The third-order valence-corrected chi connectivity index (χ3v) is 5.51. The molecule has 0 amide bonds. The van der Waals surface area contributed by atoms with E-state index in [0.29, 0.717) is 18.2 Å². The number of benzene rings is 2. The van der Waals surface area contributed by atoms with Gasteiger partial charge in [0.1, 0.15) is 17.1 Å². The summed E-state index contributed by atoms with van der Waals surface area (Å²) >= 11 is 0. The molecule has 4 rings (SSSR count). The van der Waals surface area contributed by atoms with Gasteiger partial charge in [-0.05, 0) is 55.7 Å². The number of ether oxygens (including phenoxy) is 2. The Kier molecular flexibility index (Phi) is 6.23. The quantitative estimate of drug-likeness (QED) is 0.589. The molecule has 0 atom stereocenters. The fourth-order valence-corrected chi connectivity index (χ4v) is 4.00. The van der Waals surface area contributed by atoms with Gasteiger partial charge in [-0.25, -0.2) is 4.79 Å². The molecule has 1 aliphatic heterocycles. The Morgan fingerprint density at radius 1 is 1.10 bits per heavy atom. The minimum absolute atomic E-state index is 0.312. The zero-order valence-electron chi connectivity index (χ0n) is 17.5. The maximum Gasteiger partial charge on any atom is 0.338 e. The number of hydrogen-bond acceptors (Lipinski definition) is 6. The van der Waals surface area contributed by atoms with E-state index < -0.39 is 0 Å². The Balaban J connectivity index is 1.40. The molecule has 1 fully saturated rings. The second-order valence-corrected chi connectivity index (χ2v) is 7.62. The summed E-state index contributed by atoms with van der Waals surface area (Å²) < 4.78 is 16.3. The molecule has 0 radical (unpaired) electrons. The molecule has 2 aromatic carbocycles. The molecule has 3 aromatic rings. The van der Waals surface area contributed by atoms with Gasteiger partial charge in [0.05, 0.1) is 19.4 Å². The van der Waals surface area contributed by atoms with Crippen molar-refractivity contribution >= 4 is 16.7 Å². The summed E-state index contributed by atoms with van der Waals surface area (Å²) in [5.41, 5.74) is 2.30. The van der Waals surface area contributed by atoms with Crippen LogP contribution in [0.1, 0.15) is 25.3 Å². The summed E-state index contributed by atoms with van der Waals surface area (Å²) in [6.07, 6.45) is 2.02. The molecule has 158 valence electrons. The van der Waals surface area contributed by atoms with Gasteiger partial charge in [-0.1, -0.05) is 12.1 Å². The summed E-state index contributed by atoms with van der Waals surface area (Å²) in [6, 6.07) is 15.6. The van der Waals surface area contributed by atoms with Crippen LogP contribution in [-0.4, -0.2) is 37.7 Å². The Bertz CT molecular complexity index is 1050. The van der Waals surface area contributed by atoms with Crippen LogP contribution in [0.4, 0.5) is 5.69 Å². The van der Waals surface area contributed by atoms with Crippen LogP contribution >= 0.6 is 0 Å². The number of methoxy groups -OCH3 is 1. The van der Waals surface area contributed by atoms with Crippen molar-refractivity contribution in [2.45, 2.75) is 32.4 Å². The average molecular weight is 408 g/mol. The first kappa shape index (κ1) is 20.3. The molecule has 30 heavy (non-hydrogen) atoms. The topological polar surface area (TPSA) is 63.9 Å². The number of nitrogens with zero attached hydrogens (tertiary/aromatic N) is 1. The van der Waals surface area contributed by atoms with Gasteiger partial charge in [0.15, 0.2) is 0 Å². The summed E-state index contributed by atoms with van der Waals surface area (Å²) in [5, 5.41) is 4.43. The van der Waals surface area contributed by atoms with E-state index in [-0.39, 0.29) is 5.63 Å². The highest BCUT2D eigenvalue weighted by molar-refractivity contribution is 5.90. The average Bonchev–Trinajstić information content (AvgIpc) is 2.75. The number of likely N-dealkylation sites (tertiary alicyclic amines) is 1. The molecule has 2 heterocycles. The maximum atomic E-state index is 12.0. The van der Waals surface area contributed by atoms with Gasteiger partial charge in [-0.3, -0.25) is 4.90 Å². The van der Waals surface area contributed by atoms with Crippen molar-refractivity contribution in [3.05, 3.63) is 64.5 Å². The van der Waals surface area contributed by atoms with Crippen LogP contribution in [0, 0.1) is 0 Å². The van der Waals surface area contributed by atoms with Crippen LogP contribution in [0.2, 0.25) is 0 Å². The monoisotopic (exact) mass is 408 g/mol. The van der Waals surface area contributed by atoms with E-state index in [2.05, 4.69) is 28.4 Å². The van der Waals surface area contributed by atoms with Gasteiger partial charge in [-0.2, -0.15) is 0 Å². The van der Waals surface area contributed by atoms with Gasteiger partial charge in [-0.15, -0.1) is 0 Å². The van der Waals surface area contributed by atoms with Crippen molar-refractivity contribution in [2.24, 2.45) is 0 Å². The molecule has 6 heteroatoms. The summed E-state index contributed by atoms with van der Waals surface area (Å²) in [7, 11) is 1.63. The van der Waals surface area contributed by atoms with E-state index in [1.165, 1.54) is 11.6 Å². The first-order chi connectivity index (χ1) is 14.6. The SMILES string of the molecule is CCOc1cccc(CN2CCC(Nc3cc(=O)oc4ccc(OC)cc34)CC2)c1. The van der Waals surface area contributed by atoms with E-state index in [9.17, 15) is 4.79 Å². The lowest BCUT2D eigenvalue weighted by atomic mass is 10.0. The zero-order chi connectivity index (χ0) is 20.9. The maximum absolute atomic E-state index is 12.0. The summed E-state index contributed by atoms with van der Waals surface area (Å²) in [5.74, 6) is 1.67. The van der Waals surface area contributed by atoms with E-state index in [0.717, 1.165) is 55.0 Å². The molecule has 0 bridgehead atoms. The van der Waals surface area contributed by atoms with Crippen LogP contribution in [0.15, 0.2) is 57.7 Å². The van der Waals surface area contributed by atoms with Crippen molar-refractivity contribution in [3.8, 4) is 11.5 Å². The molecular weight excluding hydrogens is 380 g/mol. The molecule has 1 N–H and O–H groups in total. The molecule has 1 aliphatic rings. The number of fused-ring (bicyclic) bond motifs is 1. The van der Waals surface area contributed by atoms with Gasteiger partial charge >= 0.3 is 5.63 Å². The van der Waals surface area contributed by atoms with E-state index in [1.807, 2.05) is 19.1 Å². The predicted octanol–water partition coefficient (Wildman–Crippen LogP) is 4.28. The third kappa shape index (κ3) is 4.76. The Hall–Kier alpha value is -2.99. The van der Waals surface area contributed by atoms with Gasteiger partial charge in [0.25, 0.3) is 0 Å². The van der Waals surface area contributed by atoms with Crippen LogP contribution in [0.5, 0.6) is 11.5 Å². The lowest BCUT2D eigenvalue weighted by Crippen LogP contribution is -2.38. The molecule has 0 spiro atoms. The molecule has 0 unspecified atom stereocenters. The first-order valence-electron chi connectivity index (χ1n) is 10.5. The molecule has 1 saturated heterocycles. The number of hydrogen-bond donors (Lipinski definition) is 1. The Morgan fingerprint density at radius 3 is 2.70 bits per heavy atom. The second kappa shape index (κ2) is 9.22. The number of nitrogens with one attached hydrogen (secondary N) is 1. The summed E-state index contributed by atoms with van der Waals surface area (Å²) in [6.45, 7) is 5.60. The lowest BCUT2D eigenvalue weighted by molar-refractivity contribution is 0.211. The van der Waals surface area contributed by atoms with Crippen LogP contribution in [-0.2, 0) is 6.54 Å². The van der Waals surface area contributed by atoms with Gasteiger partial charge < -0.3 is 19.2 Å². The number of rotatable bonds is 7. The van der Waals surface area contributed by atoms with Crippen molar-refractivity contribution < 1.29 is 13.9 Å². The highest BCUT2D eigenvalue weighted by Crippen LogP contribution is 2.28. The highest BCUT2D eigenvalue weighted by atomic mass is 16.5. The molecule has 0 aliphatic carbocycles. The molecule has 0 saturated carbocycles. The van der Waals surface area contributed by atoms with Crippen molar-refractivity contribution in [3.63, 3.8) is 0 Å². The first-order valence-corrected chi connectivity index (χ1v) is 10.5. The fraction of sp³-hybridized carbons (Fsp3) is 0.375. The third-order valence-electron chi connectivity index (χ3n) is 5.51. The van der Waals surface area contributed by atoms with E-state index >= 15 is 0 Å². The van der Waals surface area contributed by atoms with Crippen LogP contribution in [0.3, 0.4) is 0 Å². The van der Waals surface area contributed by atoms with E-state index in [1.54, 1.807) is 19.2 Å². The highest BCUT2D eigenvalue weighted by Gasteiger charge is 2.20. The van der Waals surface area contributed by atoms with E-state index in [4.69, 9.17) is 13.9 Å². The smallest absolute Gasteiger partial charge is 0.338 e. The minimum atomic E-state index is -0.346. The van der Waals surface area contributed by atoms with Gasteiger partial charge in [0, 0.05) is 37.1 Å². The lowest BCUT2D eigenvalue weighted by Gasteiger charge is -2.33. The molecule has 6 nitrogen and oxygen atoms in total. The standard InChI is InChI=1S/C24H28N2O4/c1-3-29-20-6-4-5-17(13-20)16-26-11-9-18(10-12-26)25-22-15-24(27)30-23-8-7-19(28-2)14-21(22)23/h4-8,13-15,18,25H,3,9-12,16H2,1-2H3. The second-order valence-electron chi connectivity index (χ2n) is 7.62. The largest absolute Gasteiger partial charge is 0.497 e. The normalized spacial score (nSPS) is 15.3. The fourth-order valence-electron chi connectivity index (χ4n) is 4.00. The van der Waals surface area contributed by atoms with Crippen LogP contribution < -0.4 is 20.4 Å². The Labute approximate surface area is 176 Å². The van der Waals surface area contributed by atoms with Gasteiger partial charge in [0.2, 0.25) is 0 Å². The number of piperidine rings is 1. The van der Waals surface area contributed by atoms with Crippen molar-refractivity contribution in [1.82, 2.24) is 4.90 Å². The number of anilines is 1. The van der Waals surface area contributed by atoms with Crippen molar-refractivity contribution in [1.29, 1.82) is 0 Å². The molecule has 1 aromatic heterocycles. The predicted molar refractivity (Wildman–Crippen MR) is 119 cm³/mol. The summed E-state index contributed by atoms with van der Waals surface area (Å²) in [4.78, 5) is 14.4. The van der Waals surface area contributed by atoms with Crippen LogP contribution in [0.25, 0.3) is 11.0 Å². The minimum Gasteiger partial charge on any atom is -0.497 e.